The molecule has 1 saturated heterocycles. The van der Waals surface area contributed by atoms with E-state index >= 15 is 0 Å². The molecule has 17 heavy (non-hydrogen) atoms. The highest BCUT2D eigenvalue weighted by atomic mass is 16.4. The Kier molecular flexibility index (Phi) is 4.93. The molecule has 1 unspecified atom stereocenters. The van der Waals surface area contributed by atoms with Crippen LogP contribution in [0.4, 0.5) is 0 Å². The lowest BCUT2D eigenvalue weighted by atomic mass is 9.98. The smallest absolute Gasteiger partial charge is 0.326 e. The first kappa shape index (κ1) is 14.0. The number of piperidine rings is 1. The number of carbonyl (C=O) groups is 2. The average Bonchev–Trinajstić information content (AvgIpc) is 2.27. The highest BCUT2D eigenvalue weighted by molar-refractivity contribution is 5.87. The van der Waals surface area contributed by atoms with Gasteiger partial charge < -0.3 is 15.7 Å². The van der Waals surface area contributed by atoms with Crippen LogP contribution in [0.1, 0.15) is 39.5 Å². The number of rotatable bonds is 4. The van der Waals surface area contributed by atoms with E-state index in [1.807, 2.05) is 13.8 Å². The quantitative estimate of drug-likeness (QED) is 0.764. The van der Waals surface area contributed by atoms with Crippen LogP contribution >= 0.6 is 0 Å². The number of nitrogens with zero attached hydrogens (tertiary/aromatic N) is 1. The molecule has 1 fully saturated rings. The predicted octanol–water partition coefficient (Wildman–Crippen LogP) is 0.825. The molecule has 0 aromatic rings. The molecule has 1 aliphatic rings. The number of hydrogen-bond acceptors (Lipinski definition) is 3. The lowest BCUT2D eigenvalue weighted by Gasteiger charge is -2.34. The standard InChI is InChI=1S/C12H22N2O3/c1-8(2)7-9(13)11(15)14-6-4-3-5-10(14)12(16)17/h8-10H,3-7,13H2,1-2H3,(H,16,17)/t9-,10?/m0/s1. The molecule has 5 heteroatoms. The predicted molar refractivity (Wildman–Crippen MR) is 64.4 cm³/mol. The third-order valence-corrected chi connectivity index (χ3v) is 3.11. The topological polar surface area (TPSA) is 83.6 Å². The molecule has 1 aliphatic heterocycles. The van der Waals surface area contributed by atoms with Crippen molar-refractivity contribution in [2.75, 3.05) is 6.54 Å². The van der Waals surface area contributed by atoms with Gasteiger partial charge in [-0.05, 0) is 31.6 Å². The first-order valence-corrected chi connectivity index (χ1v) is 6.22. The van der Waals surface area contributed by atoms with Crippen LogP contribution in [0.25, 0.3) is 0 Å². The summed E-state index contributed by atoms with van der Waals surface area (Å²) in [5.41, 5.74) is 5.83. The van der Waals surface area contributed by atoms with Crippen LogP contribution in [0.2, 0.25) is 0 Å². The fraction of sp³-hybridized carbons (Fsp3) is 0.833. The van der Waals surface area contributed by atoms with Gasteiger partial charge in [0.1, 0.15) is 6.04 Å². The summed E-state index contributed by atoms with van der Waals surface area (Å²) >= 11 is 0. The lowest BCUT2D eigenvalue weighted by Crippen LogP contribution is -2.53. The van der Waals surface area contributed by atoms with Gasteiger partial charge in [0.25, 0.3) is 0 Å². The molecule has 0 aromatic heterocycles. The number of carboxylic acids is 1. The van der Waals surface area contributed by atoms with Gasteiger partial charge in [0.15, 0.2) is 0 Å². The van der Waals surface area contributed by atoms with Crippen molar-refractivity contribution in [3.05, 3.63) is 0 Å². The largest absolute Gasteiger partial charge is 0.480 e. The lowest BCUT2D eigenvalue weighted by molar-refractivity contribution is -0.152. The second-order valence-corrected chi connectivity index (χ2v) is 5.12. The van der Waals surface area contributed by atoms with Gasteiger partial charge in [0.05, 0.1) is 6.04 Å². The van der Waals surface area contributed by atoms with Gasteiger partial charge in [-0.25, -0.2) is 4.79 Å². The maximum atomic E-state index is 12.1. The van der Waals surface area contributed by atoms with Crippen LogP contribution in [0.15, 0.2) is 0 Å². The molecule has 5 nitrogen and oxygen atoms in total. The number of aliphatic carboxylic acids is 1. The molecule has 0 spiro atoms. The van der Waals surface area contributed by atoms with E-state index in [9.17, 15) is 9.59 Å². The van der Waals surface area contributed by atoms with Crippen LogP contribution in [-0.2, 0) is 9.59 Å². The van der Waals surface area contributed by atoms with E-state index < -0.39 is 18.1 Å². The third kappa shape index (κ3) is 3.70. The second-order valence-electron chi connectivity index (χ2n) is 5.12. The third-order valence-electron chi connectivity index (χ3n) is 3.11. The molecule has 98 valence electrons. The Labute approximate surface area is 102 Å². The Bertz CT molecular complexity index is 291. The first-order valence-electron chi connectivity index (χ1n) is 6.22. The SMILES string of the molecule is CC(C)C[C@H](N)C(=O)N1CCCCC1C(=O)O. The fourth-order valence-corrected chi connectivity index (χ4v) is 2.27. The van der Waals surface area contributed by atoms with Crippen molar-refractivity contribution >= 4 is 11.9 Å². The molecule has 0 aromatic carbocycles. The highest BCUT2D eigenvalue weighted by Gasteiger charge is 2.34. The van der Waals surface area contributed by atoms with E-state index in [1.165, 1.54) is 4.90 Å². The molecule has 0 saturated carbocycles. The Balaban J connectivity index is 2.67. The maximum absolute atomic E-state index is 12.1. The summed E-state index contributed by atoms with van der Waals surface area (Å²) in [5, 5.41) is 9.09. The Morgan fingerprint density at radius 1 is 1.41 bits per heavy atom. The van der Waals surface area contributed by atoms with E-state index in [4.69, 9.17) is 10.8 Å². The van der Waals surface area contributed by atoms with Crippen LogP contribution in [0, 0.1) is 5.92 Å². The number of hydrogen-bond donors (Lipinski definition) is 2. The van der Waals surface area contributed by atoms with Crippen molar-refractivity contribution in [2.24, 2.45) is 11.7 Å². The van der Waals surface area contributed by atoms with Crippen molar-refractivity contribution in [2.45, 2.75) is 51.6 Å². The molecule has 1 rings (SSSR count). The van der Waals surface area contributed by atoms with Crippen molar-refractivity contribution < 1.29 is 14.7 Å². The van der Waals surface area contributed by atoms with E-state index in [-0.39, 0.29) is 5.91 Å². The van der Waals surface area contributed by atoms with E-state index in [0.29, 0.717) is 25.3 Å². The minimum atomic E-state index is -0.921. The van der Waals surface area contributed by atoms with Gasteiger partial charge in [0.2, 0.25) is 5.91 Å². The normalized spacial score (nSPS) is 22.6. The Morgan fingerprint density at radius 3 is 2.59 bits per heavy atom. The molecule has 0 bridgehead atoms. The van der Waals surface area contributed by atoms with Crippen molar-refractivity contribution in [3.63, 3.8) is 0 Å². The summed E-state index contributed by atoms with van der Waals surface area (Å²) in [5.74, 6) is -0.803. The Morgan fingerprint density at radius 2 is 2.06 bits per heavy atom. The zero-order valence-electron chi connectivity index (χ0n) is 10.6. The molecule has 1 heterocycles. The molecular weight excluding hydrogens is 220 g/mol. The maximum Gasteiger partial charge on any atom is 0.326 e. The summed E-state index contributed by atoms with van der Waals surface area (Å²) in [6.45, 7) is 4.51. The molecular formula is C12H22N2O3. The van der Waals surface area contributed by atoms with E-state index in [1.54, 1.807) is 0 Å². The number of carbonyl (C=O) groups excluding carboxylic acids is 1. The minimum Gasteiger partial charge on any atom is -0.480 e. The summed E-state index contributed by atoms with van der Waals surface area (Å²) in [7, 11) is 0. The highest BCUT2D eigenvalue weighted by Crippen LogP contribution is 2.19. The van der Waals surface area contributed by atoms with Crippen molar-refractivity contribution in [3.8, 4) is 0 Å². The van der Waals surface area contributed by atoms with E-state index in [0.717, 1.165) is 12.8 Å². The second kappa shape index (κ2) is 6.00. The molecule has 0 aliphatic carbocycles. The zero-order chi connectivity index (χ0) is 13.0. The monoisotopic (exact) mass is 242 g/mol. The van der Waals surface area contributed by atoms with Gasteiger partial charge in [-0.1, -0.05) is 13.8 Å². The summed E-state index contributed by atoms with van der Waals surface area (Å²) < 4.78 is 0. The van der Waals surface area contributed by atoms with Gasteiger partial charge in [-0.2, -0.15) is 0 Å². The van der Waals surface area contributed by atoms with Gasteiger partial charge in [-0.15, -0.1) is 0 Å². The zero-order valence-corrected chi connectivity index (χ0v) is 10.6. The molecule has 0 radical (unpaired) electrons. The van der Waals surface area contributed by atoms with Crippen LogP contribution in [-0.4, -0.2) is 40.5 Å². The van der Waals surface area contributed by atoms with Crippen molar-refractivity contribution in [1.82, 2.24) is 4.90 Å². The number of amides is 1. The van der Waals surface area contributed by atoms with Crippen LogP contribution in [0.3, 0.4) is 0 Å². The summed E-state index contributed by atoms with van der Waals surface area (Å²) in [6, 6.07) is -1.26. The van der Waals surface area contributed by atoms with Crippen molar-refractivity contribution in [1.29, 1.82) is 0 Å². The fourth-order valence-electron chi connectivity index (χ4n) is 2.27. The van der Waals surface area contributed by atoms with Gasteiger partial charge >= 0.3 is 5.97 Å². The Hall–Kier alpha value is -1.10. The summed E-state index contributed by atoms with van der Waals surface area (Å²) in [6.07, 6.45) is 2.86. The minimum absolute atomic E-state index is 0.217. The van der Waals surface area contributed by atoms with Crippen LogP contribution in [0.5, 0.6) is 0 Å². The first-order chi connectivity index (χ1) is 7.93. The number of likely N-dealkylation sites (tertiary alicyclic amines) is 1. The molecule has 3 N–H and O–H groups in total. The van der Waals surface area contributed by atoms with E-state index in [2.05, 4.69) is 0 Å². The van der Waals surface area contributed by atoms with Gasteiger partial charge in [-0.3, -0.25) is 4.79 Å². The average molecular weight is 242 g/mol. The van der Waals surface area contributed by atoms with Crippen LogP contribution < -0.4 is 5.73 Å². The summed E-state index contributed by atoms with van der Waals surface area (Å²) in [4.78, 5) is 24.6. The number of carboxylic acid groups (broad SMARTS) is 1. The molecule has 1 amide bonds. The van der Waals surface area contributed by atoms with Gasteiger partial charge in [0, 0.05) is 6.54 Å². The number of nitrogens with two attached hydrogens (primary N) is 1. The molecule has 2 atom stereocenters.